The molecule has 0 fully saturated rings. The van der Waals surface area contributed by atoms with Crippen LogP contribution in [0.5, 0.6) is 0 Å². The van der Waals surface area contributed by atoms with Crippen molar-refractivity contribution in [1.29, 1.82) is 0 Å². The van der Waals surface area contributed by atoms with Gasteiger partial charge in [0.05, 0.1) is 0 Å². The molecule has 2 heteroatoms. The van der Waals surface area contributed by atoms with E-state index in [9.17, 15) is 0 Å². The van der Waals surface area contributed by atoms with E-state index in [-0.39, 0.29) is 0 Å². The predicted molar refractivity (Wildman–Crippen MR) is 60.2 cm³/mol. The molecule has 13 heavy (non-hydrogen) atoms. The maximum Gasteiger partial charge on any atom is 0.0270 e. The number of aryl methyl sites for hydroxylation is 1. The average molecular weight is 242 g/mol. The van der Waals surface area contributed by atoms with Gasteiger partial charge in [-0.25, -0.2) is 0 Å². The number of hydrogen-bond donors (Lipinski definition) is 0. The summed E-state index contributed by atoms with van der Waals surface area (Å²) >= 11 is 3.55. The molecule has 72 valence electrons. The molecule has 1 heterocycles. The van der Waals surface area contributed by atoms with E-state index in [2.05, 4.69) is 40.0 Å². The molecule has 1 nitrogen and oxygen atoms in total. The number of unbranched alkanes of at least 4 members (excludes halogenated alkanes) is 1. The minimum Gasteiger partial charge on any atom is -0.265 e. The van der Waals surface area contributed by atoms with Gasteiger partial charge in [-0.2, -0.15) is 0 Å². The van der Waals surface area contributed by atoms with E-state index in [1.165, 1.54) is 31.2 Å². The molecule has 0 bridgehead atoms. The molecule has 0 N–H and O–H groups in total. The first-order chi connectivity index (χ1) is 6.29. The maximum absolute atomic E-state index is 3.99. The second kappa shape index (κ2) is 6.14. The highest BCUT2D eigenvalue weighted by Crippen LogP contribution is 2.11. The Hall–Kier alpha value is -0.370. The summed E-state index contributed by atoms with van der Waals surface area (Å²) in [6.45, 7) is 2.20. The van der Waals surface area contributed by atoms with Crippen molar-refractivity contribution in [3.63, 3.8) is 0 Å². The Kier molecular flexibility index (Phi) is 5.06. The van der Waals surface area contributed by atoms with Gasteiger partial charge in [0.25, 0.3) is 0 Å². The van der Waals surface area contributed by atoms with Gasteiger partial charge in [0.15, 0.2) is 0 Å². The first-order valence-electron chi connectivity index (χ1n) is 4.82. The Labute approximate surface area is 88.7 Å². The van der Waals surface area contributed by atoms with Crippen molar-refractivity contribution in [3.8, 4) is 0 Å². The van der Waals surface area contributed by atoms with Crippen molar-refractivity contribution < 1.29 is 0 Å². The molecule has 0 aliphatic rings. The second-order valence-corrected chi connectivity index (χ2v) is 4.95. The fraction of sp³-hybridized carbons (Fsp3) is 0.545. The zero-order valence-corrected chi connectivity index (χ0v) is 9.63. The van der Waals surface area contributed by atoms with Crippen LogP contribution in [0.25, 0.3) is 0 Å². The highest BCUT2D eigenvalue weighted by atomic mass is 79.9. The van der Waals surface area contributed by atoms with E-state index in [0.717, 1.165) is 0 Å². The third kappa shape index (κ3) is 5.04. The number of pyridine rings is 1. The third-order valence-electron chi connectivity index (χ3n) is 2.07. The first-order valence-corrected chi connectivity index (χ1v) is 5.73. The van der Waals surface area contributed by atoms with Crippen LogP contribution in [0, 0.1) is 0 Å². The van der Waals surface area contributed by atoms with Gasteiger partial charge in [0.1, 0.15) is 0 Å². The van der Waals surface area contributed by atoms with Crippen LogP contribution in [-0.2, 0) is 6.42 Å². The van der Waals surface area contributed by atoms with Gasteiger partial charge in [-0.05, 0) is 37.0 Å². The van der Waals surface area contributed by atoms with Crippen molar-refractivity contribution in [3.05, 3.63) is 30.1 Å². The topological polar surface area (TPSA) is 12.9 Å². The van der Waals surface area contributed by atoms with Gasteiger partial charge in [-0.1, -0.05) is 29.3 Å². The van der Waals surface area contributed by atoms with E-state index in [4.69, 9.17) is 0 Å². The number of hydrogen-bond acceptors (Lipinski definition) is 1. The van der Waals surface area contributed by atoms with Crippen molar-refractivity contribution in [2.75, 3.05) is 0 Å². The van der Waals surface area contributed by atoms with Crippen LogP contribution >= 0.6 is 15.9 Å². The zero-order chi connectivity index (χ0) is 9.52. The van der Waals surface area contributed by atoms with Crippen LogP contribution in [-0.4, -0.2) is 9.81 Å². The summed E-state index contributed by atoms with van der Waals surface area (Å²) in [6, 6.07) is 4.19. The van der Waals surface area contributed by atoms with Crippen LogP contribution in [0.2, 0.25) is 0 Å². The molecule has 0 aromatic carbocycles. The van der Waals surface area contributed by atoms with E-state index in [0.29, 0.717) is 4.83 Å². The molecule has 0 aliphatic carbocycles. The van der Waals surface area contributed by atoms with E-state index in [1.54, 1.807) is 0 Å². The Morgan fingerprint density at radius 3 is 2.62 bits per heavy atom. The van der Waals surface area contributed by atoms with E-state index >= 15 is 0 Å². The Bertz CT molecular complexity index is 221. The smallest absolute Gasteiger partial charge is 0.0270 e. The SMILES string of the molecule is CC(Br)CCCCc1ccncc1. The highest BCUT2D eigenvalue weighted by molar-refractivity contribution is 9.09. The molecule has 1 atom stereocenters. The summed E-state index contributed by atoms with van der Waals surface area (Å²) in [4.78, 5) is 4.65. The molecule has 0 amide bonds. The first kappa shape index (κ1) is 10.7. The summed E-state index contributed by atoms with van der Waals surface area (Å²) in [6.07, 6.45) is 8.76. The van der Waals surface area contributed by atoms with Crippen LogP contribution in [0.15, 0.2) is 24.5 Å². The number of alkyl halides is 1. The summed E-state index contributed by atoms with van der Waals surface area (Å²) < 4.78 is 0. The molecule has 1 aromatic heterocycles. The summed E-state index contributed by atoms with van der Waals surface area (Å²) in [7, 11) is 0. The Balaban J connectivity index is 2.13. The largest absolute Gasteiger partial charge is 0.265 e. The van der Waals surface area contributed by atoms with Crippen molar-refractivity contribution in [2.24, 2.45) is 0 Å². The lowest BCUT2D eigenvalue weighted by Gasteiger charge is -2.02. The molecular weight excluding hydrogens is 226 g/mol. The molecule has 0 aliphatic heterocycles. The van der Waals surface area contributed by atoms with Gasteiger partial charge in [-0.3, -0.25) is 4.98 Å². The van der Waals surface area contributed by atoms with Gasteiger partial charge >= 0.3 is 0 Å². The summed E-state index contributed by atoms with van der Waals surface area (Å²) in [5.41, 5.74) is 1.40. The van der Waals surface area contributed by atoms with Gasteiger partial charge in [0, 0.05) is 17.2 Å². The van der Waals surface area contributed by atoms with Crippen molar-refractivity contribution >= 4 is 15.9 Å². The van der Waals surface area contributed by atoms with Gasteiger partial charge in [-0.15, -0.1) is 0 Å². The molecule has 0 spiro atoms. The second-order valence-electron chi connectivity index (χ2n) is 3.38. The normalized spacial score (nSPS) is 12.8. The van der Waals surface area contributed by atoms with E-state index in [1.807, 2.05) is 12.4 Å². The third-order valence-corrected chi connectivity index (χ3v) is 2.52. The van der Waals surface area contributed by atoms with Gasteiger partial charge in [0.2, 0.25) is 0 Å². The minimum atomic E-state index is 0.657. The van der Waals surface area contributed by atoms with Crippen LogP contribution < -0.4 is 0 Å². The number of nitrogens with zero attached hydrogens (tertiary/aromatic N) is 1. The molecule has 0 saturated heterocycles. The van der Waals surface area contributed by atoms with Crippen molar-refractivity contribution in [2.45, 2.75) is 37.4 Å². The van der Waals surface area contributed by atoms with Crippen LogP contribution in [0.1, 0.15) is 31.7 Å². The average Bonchev–Trinajstić information content (AvgIpc) is 2.14. The highest BCUT2D eigenvalue weighted by Gasteiger charge is 1.96. The molecular formula is C11H16BrN. The quantitative estimate of drug-likeness (QED) is 0.568. The zero-order valence-electron chi connectivity index (χ0n) is 8.04. The predicted octanol–water partition coefficient (Wildman–Crippen LogP) is 3.58. The fourth-order valence-electron chi connectivity index (χ4n) is 1.30. The summed E-state index contributed by atoms with van der Waals surface area (Å²) in [5, 5.41) is 0. The van der Waals surface area contributed by atoms with Crippen LogP contribution in [0.4, 0.5) is 0 Å². The maximum atomic E-state index is 3.99. The fourth-order valence-corrected chi connectivity index (χ4v) is 1.63. The lowest BCUT2D eigenvalue weighted by molar-refractivity contribution is 0.680. The lowest BCUT2D eigenvalue weighted by atomic mass is 10.1. The number of halogens is 1. The standard InChI is InChI=1S/C11H16BrN/c1-10(12)4-2-3-5-11-6-8-13-9-7-11/h6-10H,2-5H2,1H3. The summed E-state index contributed by atoms with van der Waals surface area (Å²) in [5.74, 6) is 0. The molecule has 1 unspecified atom stereocenters. The molecule has 1 aromatic rings. The monoisotopic (exact) mass is 241 g/mol. The van der Waals surface area contributed by atoms with Crippen molar-refractivity contribution in [1.82, 2.24) is 4.98 Å². The van der Waals surface area contributed by atoms with Crippen LogP contribution in [0.3, 0.4) is 0 Å². The Morgan fingerprint density at radius 2 is 2.00 bits per heavy atom. The van der Waals surface area contributed by atoms with E-state index < -0.39 is 0 Å². The Morgan fingerprint density at radius 1 is 1.31 bits per heavy atom. The molecule has 0 saturated carbocycles. The molecule has 0 radical (unpaired) electrons. The minimum absolute atomic E-state index is 0.657. The number of rotatable bonds is 5. The molecule has 1 rings (SSSR count). The number of aromatic nitrogens is 1. The van der Waals surface area contributed by atoms with Gasteiger partial charge < -0.3 is 0 Å². The lowest BCUT2D eigenvalue weighted by Crippen LogP contribution is -1.91.